The lowest BCUT2D eigenvalue weighted by atomic mass is 10.1. The molecule has 0 saturated carbocycles. The standard InChI is InChI=1S/C20H23N5O/c1-26-18-7-5-16(6-8-18)19-22-20(24-23-19)17-4-2-3-15(13-17)14-25-11-9-21-10-12-25/h2-8,13,21H,9-12,14H2,1H3,(H,22,23,24). The number of aromatic amines is 1. The van der Waals surface area contributed by atoms with Gasteiger partial charge in [-0.15, -0.1) is 0 Å². The second kappa shape index (κ2) is 7.68. The second-order valence-corrected chi connectivity index (χ2v) is 6.46. The number of benzene rings is 2. The Bertz CT molecular complexity index is 853. The molecule has 1 fully saturated rings. The maximum atomic E-state index is 5.20. The summed E-state index contributed by atoms with van der Waals surface area (Å²) < 4.78 is 5.20. The average Bonchev–Trinajstić information content (AvgIpc) is 3.19. The smallest absolute Gasteiger partial charge is 0.181 e. The van der Waals surface area contributed by atoms with Crippen LogP contribution >= 0.6 is 0 Å². The number of H-pyrrole nitrogens is 1. The van der Waals surface area contributed by atoms with E-state index in [2.05, 4.69) is 49.7 Å². The summed E-state index contributed by atoms with van der Waals surface area (Å²) in [7, 11) is 1.66. The topological polar surface area (TPSA) is 66.1 Å². The van der Waals surface area contributed by atoms with E-state index in [9.17, 15) is 0 Å². The van der Waals surface area contributed by atoms with Crippen molar-refractivity contribution in [2.45, 2.75) is 6.54 Å². The first kappa shape index (κ1) is 16.8. The van der Waals surface area contributed by atoms with Crippen molar-refractivity contribution in [3.63, 3.8) is 0 Å². The summed E-state index contributed by atoms with van der Waals surface area (Å²) >= 11 is 0. The van der Waals surface area contributed by atoms with E-state index in [0.717, 1.165) is 61.2 Å². The molecule has 0 spiro atoms. The van der Waals surface area contributed by atoms with Crippen molar-refractivity contribution in [3.8, 4) is 28.5 Å². The number of aromatic nitrogens is 3. The van der Waals surface area contributed by atoms with Gasteiger partial charge in [0.15, 0.2) is 11.6 Å². The molecule has 6 heteroatoms. The van der Waals surface area contributed by atoms with E-state index in [4.69, 9.17) is 4.74 Å². The van der Waals surface area contributed by atoms with Crippen molar-refractivity contribution >= 4 is 0 Å². The quantitative estimate of drug-likeness (QED) is 0.741. The lowest BCUT2D eigenvalue weighted by Crippen LogP contribution is -2.42. The molecular formula is C20H23N5O. The van der Waals surface area contributed by atoms with Crippen LogP contribution in [0.3, 0.4) is 0 Å². The lowest BCUT2D eigenvalue weighted by Gasteiger charge is -2.27. The molecule has 0 amide bonds. The minimum absolute atomic E-state index is 0.720. The van der Waals surface area contributed by atoms with E-state index in [1.54, 1.807) is 7.11 Å². The van der Waals surface area contributed by atoms with Crippen LogP contribution in [0.5, 0.6) is 5.75 Å². The van der Waals surface area contributed by atoms with E-state index in [1.165, 1.54) is 5.56 Å². The van der Waals surface area contributed by atoms with Gasteiger partial charge in [-0.25, -0.2) is 4.98 Å². The molecule has 1 saturated heterocycles. The first-order chi connectivity index (χ1) is 12.8. The molecule has 0 atom stereocenters. The van der Waals surface area contributed by atoms with Crippen molar-refractivity contribution in [1.29, 1.82) is 0 Å². The first-order valence-electron chi connectivity index (χ1n) is 8.91. The number of piperazine rings is 1. The largest absolute Gasteiger partial charge is 0.497 e. The van der Waals surface area contributed by atoms with Gasteiger partial charge < -0.3 is 10.1 Å². The Morgan fingerprint density at radius 3 is 2.62 bits per heavy atom. The minimum atomic E-state index is 0.720. The van der Waals surface area contributed by atoms with Crippen molar-refractivity contribution in [1.82, 2.24) is 25.4 Å². The van der Waals surface area contributed by atoms with Crippen LogP contribution in [0.2, 0.25) is 0 Å². The van der Waals surface area contributed by atoms with Gasteiger partial charge in [0.05, 0.1) is 7.11 Å². The number of nitrogens with one attached hydrogen (secondary N) is 2. The van der Waals surface area contributed by atoms with Gasteiger partial charge >= 0.3 is 0 Å². The van der Waals surface area contributed by atoms with Gasteiger partial charge in [0.2, 0.25) is 0 Å². The number of ether oxygens (including phenoxy) is 1. The molecule has 4 rings (SSSR count). The highest BCUT2D eigenvalue weighted by molar-refractivity contribution is 5.62. The fraction of sp³-hybridized carbons (Fsp3) is 0.300. The predicted octanol–water partition coefficient (Wildman–Crippen LogP) is 2.55. The summed E-state index contributed by atoms with van der Waals surface area (Å²) in [4.78, 5) is 7.13. The highest BCUT2D eigenvalue weighted by Gasteiger charge is 2.12. The molecule has 3 aromatic rings. The number of rotatable bonds is 5. The zero-order valence-corrected chi connectivity index (χ0v) is 14.9. The second-order valence-electron chi connectivity index (χ2n) is 6.46. The van der Waals surface area contributed by atoms with Crippen LogP contribution in [0, 0.1) is 0 Å². The van der Waals surface area contributed by atoms with Gasteiger partial charge in [0.1, 0.15) is 5.75 Å². The van der Waals surface area contributed by atoms with Gasteiger partial charge in [-0.05, 0) is 35.9 Å². The Morgan fingerprint density at radius 2 is 1.85 bits per heavy atom. The van der Waals surface area contributed by atoms with Crippen LogP contribution < -0.4 is 10.1 Å². The molecule has 0 bridgehead atoms. The van der Waals surface area contributed by atoms with Crippen LogP contribution in [0.25, 0.3) is 22.8 Å². The van der Waals surface area contributed by atoms with E-state index in [0.29, 0.717) is 0 Å². The van der Waals surface area contributed by atoms with Crippen molar-refractivity contribution in [3.05, 3.63) is 54.1 Å². The Hall–Kier alpha value is -2.70. The number of hydrogen-bond donors (Lipinski definition) is 2. The third kappa shape index (κ3) is 3.76. The maximum Gasteiger partial charge on any atom is 0.181 e. The summed E-state index contributed by atoms with van der Waals surface area (Å²) in [5.74, 6) is 2.31. The van der Waals surface area contributed by atoms with E-state index < -0.39 is 0 Å². The van der Waals surface area contributed by atoms with Gasteiger partial charge in [-0.2, -0.15) is 5.10 Å². The molecule has 2 heterocycles. The monoisotopic (exact) mass is 349 g/mol. The molecule has 134 valence electrons. The molecular weight excluding hydrogens is 326 g/mol. The van der Waals surface area contributed by atoms with E-state index in [-0.39, 0.29) is 0 Å². The molecule has 1 aromatic heterocycles. The van der Waals surface area contributed by atoms with E-state index >= 15 is 0 Å². The molecule has 0 radical (unpaired) electrons. The summed E-state index contributed by atoms with van der Waals surface area (Å²) in [6.07, 6.45) is 0. The highest BCUT2D eigenvalue weighted by Crippen LogP contribution is 2.23. The fourth-order valence-corrected chi connectivity index (χ4v) is 3.21. The van der Waals surface area contributed by atoms with Crippen LogP contribution in [0.1, 0.15) is 5.56 Å². The fourth-order valence-electron chi connectivity index (χ4n) is 3.21. The molecule has 2 aromatic carbocycles. The Balaban J connectivity index is 1.52. The predicted molar refractivity (Wildman–Crippen MR) is 102 cm³/mol. The highest BCUT2D eigenvalue weighted by atomic mass is 16.5. The Kier molecular flexibility index (Phi) is 4.95. The van der Waals surface area contributed by atoms with Crippen LogP contribution in [0.4, 0.5) is 0 Å². The Morgan fingerprint density at radius 1 is 1.04 bits per heavy atom. The van der Waals surface area contributed by atoms with E-state index in [1.807, 2.05) is 24.3 Å². The molecule has 1 aliphatic heterocycles. The average molecular weight is 349 g/mol. The number of nitrogens with zero attached hydrogens (tertiary/aromatic N) is 3. The summed E-state index contributed by atoms with van der Waals surface area (Å²) in [5.41, 5.74) is 3.32. The number of hydrogen-bond acceptors (Lipinski definition) is 5. The lowest BCUT2D eigenvalue weighted by molar-refractivity contribution is 0.233. The molecule has 0 aliphatic carbocycles. The third-order valence-corrected chi connectivity index (χ3v) is 4.65. The summed E-state index contributed by atoms with van der Waals surface area (Å²) in [5, 5.41) is 10.8. The van der Waals surface area contributed by atoms with Gasteiger partial charge in [-0.1, -0.05) is 18.2 Å². The maximum absolute atomic E-state index is 5.20. The van der Waals surface area contributed by atoms with Crippen LogP contribution in [-0.2, 0) is 6.54 Å². The molecule has 6 nitrogen and oxygen atoms in total. The normalized spacial score (nSPS) is 15.1. The zero-order chi connectivity index (χ0) is 17.8. The number of methoxy groups -OCH3 is 1. The molecule has 1 aliphatic rings. The van der Waals surface area contributed by atoms with Crippen molar-refractivity contribution < 1.29 is 4.74 Å². The zero-order valence-electron chi connectivity index (χ0n) is 14.9. The van der Waals surface area contributed by atoms with Gasteiger partial charge in [0.25, 0.3) is 0 Å². The SMILES string of the molecule is COc1ccc(-c2nc(-c3cccc(CN4CCNCC4)c3)n[nH]2)cc1. The third-order valence-electron chi connectivity index (χ3n) is 4.65. The Labute approximate surface area is 153 Å². The first-order valence-corrected chi connectivity index (χ1v) is 8.91. The molecule has 0 unspecified atom stereocenters. The van der Waals surface area contributed by atoms with Crippen LogP contribution in [-0.4, -0.2) is 53.4 Å². The van der Waals surface area contributed by atoms with Gasteiger partial charge in [0, 0.05) is 43.9 Å². The summed E-state index contributed by atoms with van der Waals surface area (Å²) in [6, 6.07) is 16.3. The van der Waals surface area contributed by atoms with Gasteiger partial charge in [-0.3, -0.25) is 10.00 Å². The summed E-state index contributed by atoms with van der Waals surface area (Å²) in [6.45, 7) is 5.27. The van der Waals surface area contributed by atoms with Crippen molar-refractivity contribution in [2.75, 3.05) is 33.3 Å². The minimum Gasteiger partial charge on any atom is -0.497 e. The van der Waals surface area contributed by atoms with Crippen molar-refractivity contribution in [2.24, 2.45) is 0 Å². The molecule has 26 heavy (non-hydrogen) atoms. The molecule has 2 N–H and O–H groups in total. The van der Waals surface area contributed by atoms with Crippen LogP contribution in [0.15, 0.2) is 48.5 Å².